The van der Waals surface area contributed by atoms with E-state index < -0.39 is 0 Å². The van der Waals surface area contributed by atoms with E-state index in [0.717, 1.165) is 14.7 Å². The third kappa shape index (κ3) is 5.68. The maximum absolute atomic E-state index is 12.0. The number of carbonyl (C=O) groups is 1. The fraction of sp³-hybridized carbons (Fsp3) is 0.0952. The van der Waals surface area contributed by atoms with Crippen LogP contribution in [0.4, 0.5) is 0 Å². The first-order valence-electron chi connectivity index (χ1n) is 8.55. The number of halogens is 2. The zero-order valence-electron chi connectivity index (χ0n) is 15.4. The summed E-state index contributed by atoms with van der Waals surface area (Å²) in [4.78, 5) is 15.9. The van der Waals surface area contributed by atoms with Crippen LogP contribution in [0.25, 0.3) is 0 Å². The molecular weight excluding hydrogens is 505 g/mol. The molecule has 0 saturated carbocycles. The van der Waals surface area contributed by atoms with Gasteiger partial charge in [0.25, 0.3) is 5.91 Å². The number of hydrogen-bond donors (Lipinski definition) is 1. The molecule has 0 unspecified atom stereocenters. The Bertz CT molecular complexity index is 1030. The zero-order valence-corrected chi connectivity index (χ0v) is 18.3. The number of nitrogens with one attached hydrogen (secondary N) is 1. The number of carbonyl (C=O) groups excluding carboxylic acids is 1. The number of pyridine rings is 1. The first-order chi connectivity index (χ1) is 14.1. The molecule has 1 aromatic heterocycles. The van der Waals surface area contributed by atoms with Gasteiger partial charge in [-0.25, -0.2) is 5.43 Å². The number of rotatable bonds is 7. The summed E-state index contributed by atoms with van der Waals surface area (Å²) < 4.78 is 12.3. The van der Waals surface area contributed by atoms with Crippen molar-refractivity contribution in [3.8, 4) is 11.5 Å². The number of hydrogen-bond acceptors (Lipinski definition) is 5. The van der Waals surface area contributed by atoms with E-state index in [-0.39, 0.29) is 5.91 Å². The van der Waals surface area contributed by atoms with Crippen molar-refractivity contribution in [3.63, 3.8) is 0 Å². The Morgan fingerprint density at radius 3 is 2.72 bits per heavy atom. The number of hydrazone groups is 1. The van der Waals surface area contributed by atoms with Gasteiger partial charge in [0, 0.05) is 28.5 Å². The van der Waals surface area contributed by atoms with Crippen molar-refractivity contribution in [1.29, 1.82) is 0 Å². The minimum absolute atomic E-state index is 0.315. The molecule has 0 radical (unpaired) electrons. The Balaban J connectivity index is 1.70. The lowest BCUT2D eigenvalue weighted by molar-refractivity contribution is 0.0955. The molecule has 0 bridgehead atoms. The molecule has 1 heterocycles. The maximum atomic E-state index is 12.0. The molecule has 29 heavy (non-hydrogen) atoms. The van der Waals surface area contributed by atoms with E-state index in [1.165, 1.54) is 0 Å². The summed E-state index contributed by atoms with van der Waals surface area (Å²) in [5.41, 5.74) is 4.61. The quantitative estimate of drug-likeness (QED) is 0.278. The Kier molecular flexibility index (Phi) is 7.42. The minimum atomic E-state index is -0.315. The molecule has 1 amide bonds. The van der Waals surface area contributed by atoms with Crippen molar-refractivity contribution < 1.29 is 14.3 Å². The lowest BCUT2D eigenvalue weighted by atomic mass is 10.2. The van der Waals surface area contributed by atoms with Gasteiger partial charge in [-0.3, -0.25) is 9.78 Å². The molecule has 3 rings (SSSR count). The largest absolute Gasteiger partial charge is 0.493 e. The topological polar surface area (TPSA) is 72.8 Å². The molecule has 3 aromatic rings. The number of amides is 1. The highest BCUT2D eigenvalue weighted by molar-refractivity contribution is 14.1. The molecule has 0 aliphatic carbocycles. The van der Waals surface area contributed by atoms with Gasteiger partial charge in [0.2, 0.25) is 0 Å². The van der Waals surface area contributed by atoms with Crippen LogP contribution < -0.4 is 14.9 Å². The smallest absolute Gasteiger partial charge is 0.271 e. The van der Waals surface area contributed by atoms with Crippen molar-refractivity contribution in [3.05, 3.63) is 86.2 Å². The third-order valence-corrected chi connectivity index (χ3v) is 5.07. The summed E-state index contributed by atoms with van der Waals surface area (Å²) in [5, 5.41) is 4.66. The van der Waals surface area contributed by atoms with Crippen LogP contribution in [0.1, 0.15) is 21.5 Å². The maximum Gasteiger partial charge on any atom is 0.271 e. The number of benzene rings is 2. The van der Waals surface area contributed by atoms with Crippen LogP contribution in [0.15, 0.2) is 66.0 Å². The van der Waals surface area contributed by atoms with Crippen molar-refractivity contribution in [1.82, 2.24) is 10.4 Å². The molecule has 2 aromatic carbocycles. The van der Waals surface area contributed by atoms with Gasteiger partial charge >= 0.3 is 0 Å². The molecule has 0 aliphatic rings. The Morgan fingerprint density at radius 2 is 2.00 bits per heavy atom. The van der Waals surface area contributed by atoms with E-state index in [1.807, 2.05) is 30.3 Å². The predicted molar refractivity (Wildman–Crippen MR) is 121 cm³/mol. The Morgan fingerprint density at radius 1 is 1.24 bits per heavy atom. The van der Waals surface area contributed by atoms with Gasteiger partial charge in [0.05, 0.1) is 16.9 Å². The molecule has 0 aliphatic heterocycles. The van der Waals surface area contributed by atoms with Crippen LogP contribution >= 0.6 is 34.2 Å². The molecule has 0 fully saturated rings. The molecule has 6 nitrogen and oxygen atoms in total. The molecule has 0 spiro atoms. The molecule has 148 valence electrons. The van der Waals surface area contributed by atoms with E-state index >= 15 is 0 Å². The summed E-state index contributed by atoms with van der Waals surface area (Å²) in [5.74, 6) is 0.863. The number of aromatic nitrogens is 1. The van der Waals surface area contributed by atoms with Crippen LogP contribution in [0.5, 0.6) is 11.5 Å². The normalized spacial score (nSPS) is 10.7. The second kappa shape index (κ2) is 10.2. The van der Waals surface area contributed by atoms with E-state index in [9.17, 15) is 4.79 Å². The summed E-state index contributed by atoms with van der Waals surface area (Å²) in [6, 6.07) is 14.4. The Labute approximate surface area is 187 Å². The predicted octanol–water partition coefficient (Wildman–Crippen LogP) is 4.69. The van der Waals surface area contributed by atoms with E-state index in [0.29, 0.717) is 28.7 Å². The SMILES string of the molecule is COc1cc(/C=N\NC(=O)c2ccncc2)cc(I)c1OCc1ccccc1Cl. The standard InChI is InChI=1S/C21H17ClIN3O3/c1-28-19-11-14(12-25-26-21(27)15-6-8-24-9-7-15)10-18(23)20(19)29-13-16-4-2-3-5-17(16)22/h2-12H,13H2,1H3,(H,26,27)/b25-12-. The van der Waals surface area contributed by atoms with Gasteiger partial charge in [0.15, 0.2) is 11.5 Å². The van der Waals surface area contributed by atoms with Crippen LogP contribution in [0.2, 0.25) is 5.02 Å². The molecule has 0 atom stereocenters. The van der Waals surface area contributed by atoms with Gasteiger partial charge in [-0.1, -0.05) is 29.8 Å². The lowest BCUT2D eigenvalue weighted by Crippen LogP contribution is -2.17. The van der Waals surface area contributed by atoms with Crippen LogP contribution in [0, 0.1) is 3.57 Å². The van der Waals surface area contributed by atoms with E-state index in [1.54, 1.807) is 43.9 Å². The van der Waals surface area contributed by atoms with Gasteiger partial charge in [0.1, 0.15) is 6.61 Å². The summed E-state index contributed by atoms with van der Waals surface area (Å²) in [6.07, 6.45) is 4.64. The number of nitrogens with zero attached hydrogens (tertiary/aromatic N) is 2. The van der Waals surface area contributed by atoms with Crippen molar-refractivity contribution in [2.75, 3.05) is 7.11 Å². The summed E-state index contributed by atoms with van der Waals surface area (Å²) in [7, 11) is 1.57. The highest BCUT2D eigenvalue weighted by Gasteiger charge is 2.12. The molecule has 8 heteroatoms. The first-order valence-corrected chi connectivity index (χ1v) is 10.0. The summed E-state index contributed by atoms with van der Waals surface area (Å²) >= 11 is 8.35. The van der Waals surface area contributed by atoms with Crippen LogP contribution in [-0.2, 0) is 6.61 Å². The number of ether oxygens (including phenoxy) is 2. The van der Waals surface area contributed by atoms with E-state index in [4.69, 9.17) is 21.1 Å². The molecular formula is C21H17ClIN3O3. The van der Waals surface area contributed by atoms with Crippen molar-refractivity contribution in [2.24, 2.45) is 5.10 Å². The lowest BCUT2D eigenvalue weighted by Gasteiger charge is -2.14. The number of methoxy groups -OCH3 is 1. The van der Waals surface area contributed by atoms with E-state index in [2.05, 4.69) is 38.1 Å². The second-order valence-electron chi connectivity index (χ2n) is 5.85. The van der Waals surface area contributed by atoms with Crippen molar-refractivity contribution in [2.45, 2.75) is 6.61 Å². The zero-order chi connectivity index (χ0) is 20.6. The fourth-order valence-electron chi connectivity index (χ4n) is 2.45. The third-order valence-electron chi connectivity index (χ3n) is 3.90. The average Bonchev–Trinajstić information content (AvgIpc) is 2.74. The second-order valence-corrected chi connectivity index (χ2v) is 7.42. The average molecular weight is 522 g/mol. The van der Waals surface area contributed by atoms with Gasteiger partial charge in [-0.15, -0.1) is 0 Å². The highest BCUT2D eigenvalue weighted by Crippen LogP contribution is 2.34. The van der Waals surface area contributed by atoms with Gasteiger partial charge in [-0.05, 0) is 58.5 Å². The van der Waals surface area contributed by atoms with Gasteiger partial charge < -0.3 is 9.47 Å². The van der Waals surface area contributed by atoms with Crippen LogP contribution in [-0.4, -0.2) is 24.2 Å². The van der Waals surface area contributed by atoms with Gasteiger partial charge in [-0.2, -0.15) is 5.10 Å². The Hall–Kier alpha value is -2.65. The molecule has 0 saturated heterocycles. The monoisotopic (exact) mass is 521 g/mol. The van der Waals surface area contributed by atoms with Crippen LogP contribution in [0.3, 0.4) is 0 Å². The fourth-order valence-corrected chi connectivity index (χ4v) is 3.42. The minimum Gasteiger partial charge on any atom is -0.493 e. The van der Waals surface area contributed by atoms with Crippen molar-refractivity contribution >= 4 is 46.3 Å². The highest BCUT2D eigenvalue weighted by atomic mass is 127. The first kappa shape index (κ1) is 21.1. The summed E-state index contributed by atoms with van der Waals surface area (Å²) in [6.45, 7) is 0.321. The molecule has 1 N–H and O–H groups in total.